The third-order valence-corrected chi connectivity index (χ3v) is 27.5. The Morgan fingerprint density at radius 3 is 0.681 bits per heavy atom. The highest BCUT2D eigenvalue weighted by molar-refractivity contribution is 6.11. The maximum Gasteiger partial charge on any atom is 0.164 e. The predicted molar refractivity (Wildman–Crippen MR) is 547 cm³/mol. The van der Waals surface area contributed by atoms with Crippen molar-refractivity contribution < 1.29 is 8.83 Å². The van der Waals surface area contributed by atoms with E-state index < -0.39 is 0 Å². The summed E-state index contributed by atoms with van der Waals surface area (Å²) in [6.45, 7) is 0. The number of hydrogen-bond donors (Lipinski definition) is 0. The molecule has 0 amide bonds. The molecular formula is C124H76N12O2. The van der Waals surface area contributed by atoms with Crippen LogP contribution < -0.4 is 0 Å². The van der Waals surface area contributed by atoms with Crippen LogP contribution in [0.15, 0.2) is 446 Å². The minimum absolute atomic E-state index is 0.00300. The number of para-hydroxylation sites is 4. The van der Waals surface area contributed by atoms with Crippen molar-refractivity contribution in [3.63, 3.8) is 0 Å². The Labute approximate surface area is 793 Å². The molecule has 18 aromatic carbocycles. The molecule has 6 heterocycles. The summed E-state index contributed by atoms with van der Waals surface area (Å²) < 4.78 is 13.0. The van der Waals surface area contributed by atoms with Crippen LogP contribution in [0.4, 0.5) is 0 Å². The van der Waals surface area contributed by atoms with E-state index in [4.69, 9.17) is 68.6 Å². The fourth-order valence-electron chi connectivity index (χ4n) is 21.2. The molecule has 6 aliphatic rings. The van der Waals surface area contributed by atoms with Gasteiger partial charge in [0.2, 0.25) is 0 Å². The average molecular weight is 1770 g/mol. The second kappa shape index (κ2) is 32.8. The van der Waals surface area contributed by atoms with Crippen molar-refractivity contribution in [1.82, 2.24) is 59.8 Å². The van der Waals surface area contributed by atoms with Crippen LogP contribution in [0.2, 0.25) is 0 Å². The van der Waals surface area contributed by atoms with Crippen molar-refractivity contribution in [2.24, 2.45) is 0 Å². The van der Waals surface area contributed by atoms with Gasteiger partial charge in [-0.25, -0.2) is 59.8 Å². The molecule has 14 nitrogen and oxygen atoms in total. The van der Waals surface area contributed by atoms with E-state index in [0.717, 1.165) is 133 Å². The van der Waals surface area contributed by atoms with Crippen molar-refractivity contribution in [2.75, 3.05) is 0 Å². The van der Waals surface area contributed by atoms with Crippen LogP contribution in [0.5, 0.6) is 0 Å². The fourth-order valence-corrected chi connectivity index (χ4v) is 21.2. The molecule has 4 unspecified atom stereocenters. The maximum atomic E-state index is 6.55. The van der Waals surface area contributed by atoms with Gasteiger partial charge in [0, 0.05) is 123 Å². The highest BCUT2D eigenvalue weighted by Crippen LogP contribution is 2.59. The molecule has 14 heteroatoms. The molecule has 138 heavy (non-hydrogen) atoms. The molecule has 24 aromatic rings. The number of benzene rings is 18. The highest BCUT2D eigenvalue weighted by Gasteiger charge is 2.44. The number of rotatable bonds is 14. The van der Waals surface area contributed by atoms with E-state index in [1.807, 2.05) is 188 Å². The summed E-state index contributed by atoms with van der Waals surface area (Å²) in [5.41, 5.74) is 34.1. The molecule has 644 valence electrons. The Morgan fingerprint density at radius 2 is 0.348 bits per heavy atom. The van der Waals surface area contributed by atoms with Gasteiger partial charge in [-0.2, -0.15) is 0 Å². The second-order valence-electron chi connectivity index (χ2n) is 35.5. The largest absolute Gasteiger partial charge is 0.455 e. The first kappa shape index (κ1) is 79.4. The lowest BCUT2D eigenvalue weighted by Crippen LogP contribution is -2.27. The van der Waals surface area contributed by atoms with Crippen LogP contribution in [-0.4, -0.2) is 59.8 Å². The van der Waals surface area contributed by atoms with Gasteiger partial charge in [0.05, 0.1) is 0 Å². The third-order valence-electron chi connectivity index (χ3n) is 27.5. The van der Waals surface area contributed by atoms with Gasteiger partial charge in [0.1, 0.15) is 22.3 Å². The zero-order valence-corrected chi connectivity index (χ0v) is 74.1. The van der Waals surface area contributed by atoms with Gasteiger partial charge in [-0.15, -0.1) is 0 Å². The number of furan rings is 2. The van der Waals surface area contributed by atoms with E-state index in [1.54, 1.807) is 0 Å². The number of aromatic nitrogens is 12. The van der Waals surface area contributed by atoms with Crippen LogP contribution >= 0.6 is 0 Å². The molecule has 6 aliphatic carbocycles. The number of nitrogens with zero attached hydrogens (tertiary/aromatic N) is 12. The van der Waals surface area contributed by atoms with E-state index >= 15 is 0 Å². The lowest BCUT2D eigenvalue weighted by atomic mass is 9.61. The quantitative estimate of drug-likeness (QED) is 0.100. The van der Waals surface area contributed by atoms with Crippen molar-refractivity contribution in [2.45, 2.75) is 23.7 Å². The zero-order chi connectivity index (χ0) is 90.8. The van der Waals surface area contributed by atoms with Gasteiger partial charge in [-0.3, -0.25) is 0 Å². The molecule has 0 aliphatic heterocycles. The first-order valence-corrected chi connectivity index (χ1v) is 46.5. The molecule has 0 N–H and O–H groups in total. The van der Waals surface area contributed by atoms with Gasteiger partial charge in [-0.05, 0) is 120 Å². The van der Waals surface area contributed by atoms with Gasteiger partial charge in [0.25, 0.3) is 0 Å². The Balaban J connectivity index is 0.000000139. The molecule has 0 radical (unpaired) electrons. The van der Waals surface area contributed by atoms with Crippen LogP contribution in [0.1, 0.15) is 90.4 Å². The normalized spacial score (nSPS) is 14.4. The average Bonchev–Trinajstić information content (AvgIpc) is 0.873. The van der Waals surface area contributed by atoms with Crippen molar-refractivity contribution in [3.05, 3.63) is 504 Å². The van der Waals surface area contributed by atoms with Crippen LogP contribution in [0.3, 0.4) is 0 Å². The third kappa shape index (κ3) is 13.6. The minimum Gasteiger partial charge on any atom is -0.455 e. The van der Waals surface area contributed by atoms with Gasteiger partial charge in [-0.1, -0.05) is 394 Å². The Hall–Kier alpha value is -18.4. The second-order valence-corrected chi connectivity index (χ2v) is 35.5. The lowest BCUT2D eigenvalue weighted by Gasteiger charge is -2.42. The molecule has 0 saturated carbocycles. The summed E-state index contributed by atoms with van der Waals surface area (Å²) in [7, 11) is 0. The van der Waals surface area contributed by atoms with Gasteiger partial charge >= 0.3 is 0 Å². The summed E-state index contributed by atoms with van der Waals surface area (Å²) in [6.07, 6.45) is 0. The first-order valence-electron chi connectivity index (χ1n) is 46.5. The van der Waals surface area contributed by atoms with E-state index in [0.29, 0.717) is 69.9 Å². The molecular weight excluding hydrogens is 1690 g/mol. The molecule has 0 saturated heterocycles. The molecule has 4 bridgehead atoms. The van der Waals surface area contributed by atoms with Gasteiger partial charge < -0.3 is 8.83 Å². The molecule has 6 aromatic heterocycles. The summed E-state index contributed by atoms with van der Waals surface area (Å²) in [6, 6.07) is 152. The van der Waals surface area contributed by atoms with Crippen molar-refractivity contribution in [1.29, 1.82) is 0 Å². The predicted octanol–water partition coefficient (Wildman–Crippen LogP) is 29.2. The number of fused-ring (bicyclic) bond motifs is 6. The molecule has 0 spiro atoms. The Kier molecular flexibility index (Phi) is 18.9. The van der Waals surface area contributed by atoms with E-state index in [9.17, 15) is 0 Å². The first-order chi connectivity index (χ1) is 68.4. The van der Waals surface area contributed by atoms with Crippen molar-refractivity contribution in [3.8, 4) is 159 Å². The summed E-state index contributed by atoms with van der Waals surface area (Å²) in [5.74, 6) is 7.56. The smallest absolute Gasteiger partial charge is 0.164 e. The summed E-state index contributed by atoms with van der Waals surface area (Å²) >= 11 is 0. The number of hydrogen-bond acceptors (Lipinski definition) is 14. The van der Waals surface area contributed by atoms with Crippen LogP contribution in [-0.2, 0) is 0 Å². The van der Waals surface area contributed by atoms with E-state index in [2.05, 4.69) is 249 Å². The summed E-state index contributed by atoms with van der Waals surface area (Å²) in [5, 5.41) is 4.35. The Morgan fingerprint density at radius 1 is 0.130 bits per heavy atom. The van der Waals surface area contributed by atoms with Crippen molar-refractivity contribution >= 4 is 43.9 Å². The van der Waals surface area contributed by atoms with Crippen LogP contribution in [0, 0.1) is 0 Å². The summed E-state index contributed by atoms with van der Waals surface area (Å²) in [4.78, 5) is 61.7. The highest BCUT2D eigenvalue weighted by atomic mass is 16.3. The molecule has 0 fully saturated rings. The monoisotopic (exact) mass is 1760 g/mol. The zero-order valence-electron chi connectivity index (χ0n) is 74.1. The standard InChI is InChI=1S/2C62H38N6O/c1-4-17-37(18-5-1)57-63-58(38-19-6-2-7-20-38)65-60(64-57)40-31-33-46-51(35-40)54-44-25-11-12-26-45(44)55(46)52-36-41(32-34-47(52)54)61-66-59(39-21-8-3-9-22-39)67-62(68-61)50-27-13-10-23-42(50)48-28-16-29-49-43-24-14-15-30-53(43)69-56(48)49;1-4-16-37(17-5-1)57-63-58(38-18-6-2-7-19-38)66-61(65-57)42-30-32-48-51(35-42)54-46-25-10-11-26-47(46)55(48)52-36-43(31-33-49(52)54)62-67-59(39-20-8-3-9-21-39)64-60(68-62)41-23-14-22-40(34-41)44-27-15-28-50-45-24-12-13-29-53(45)69-56(44)50/h2*1-36,54-55H. The van der Waals surface area contributed by atoms with Crippen LogP contribution in [0.25, 0.3) is 203 Å². The Bertz CT molecular complexity index is 8880. The lowest BCUT2D eigenvalue weighted by molar-refractivity contribution is 0.669. The maximum absolute atomic E-state index is 6.55. The van der Waals surface area contributed by atoms with E-state index in [-0.39, 0.29) is 23.7 Å². The minimum atomic E-state index is 0.00300. The van der Waals surface area contributed by atoms with E-state index in [1.165, 1.54) is 66.8 Å². The fraction of sp³-hybridized carbons (Fsp3) is 0.0323. The van der Waals surface area contributed by atoms with Gasteiger partial charge in [0.15, 0.2) is 69.9 Å². The SMILES string of the molecule is c1ccc(-c2nc(-c3ccccc3)nc(-c3ccc4c(c3)C3c5ccccc5C4c4cc(-c5nc(-c6ccccc6)nc(-c6cccc(-c7cccc8c7oc7ccccc78)c6)n5)ccc43)n2)cc1.c1ccc(-c2nc(-c3ccccc3)nc(-c3ccc4c(c3)C3c5ccccc5C4c4cc(-c5nc(-c6ccccc6)nc(-c6ccccc6-c6cccc7c6oc6ccccc67)n5)ccc43)n2)cc1. The molecule has 4 atom stereocenters. The molecule has 30 rings (SSSR count). The topological polar surface area (TPSA) is 181 Å².